The molecule has 1 aromatic carbocycles. The number of hydrogen-bond donors (Lipinski definition) is 2. The summed E-state index contributed by atoms with van der Waals surface area (Å²) in [4.78, 5) is 11.1. The molecule has 0 radical (unpaired) electrons. The van der Waals surface area contributed by atoms with E-state index in [1.54, 1.807) is 7.11 Å². The van der Waals surface area contributed by atoms with Crippen LogP contribution in [0, 0.1) is 0 Å². The maximum Gasteiger partial charge on any atom is 0.238 e. The van der Waals surface area contributed by atoms with Crippen molar-refractivity contribution in [3.8, 4) is 0 Å². The van der Waals surface area contributed by atoms with Gasteiger partial charge in [-0.2, -0.15) is 11.8 Å². The molecule has 0 aromatic heterocycles. The molecule has 4 nitrogen and oxygen atoms in total. The number of hydrogen-bond acceptors (Lipinski definition) is 4. The van der Waals surface area contributed by atoms with Crippen molar-refractivity contribution in [3.05, 3.63) is 35.4 Å². The molecule has 0 saturated heterocycles. The van der Waals surface area contributed by atoms with Gasteiger partial charge in [-0.15, -0.1) is 0 Å². The number of benzene rings is 1. The molecule has 0 heterocycles. The molecule has 0 fully saturated rings. The van der Waals surface area contributed by atoms with Gasteiger partial charge in [0.1, 0.15) is 0 Å². The van der Waals surface area contributed by atoms with Gasteiger partial charge < -0.3 is 4.74 Å². The summed E-state index contributed by atoms with van der Waals surface area (Å²) in [5.41, 5.74) is 4.38. The van der Waals surface area contributed by atoms with Crippen molar-refractivity contribution < 1.29 is 9.53 Å². The third-order valence-electron chi connectivity index (χ3n) is 2.45. The molecule has 0 bridgehead atoms. The number of carbonyl (C=O) groups is 1. The number of thioether (sulfide) groups is 1. The standard InChI is InChI=1S/C13H20N2O2S/c1-17-7-2-8-18-10-12-5-3-11(4-6-12)9-13(16)15-14/h3-6H,2,7-10,14H2,1H3,(H,15,16). The molecular formula is C13H20N2O2S. The third-order valence-corrected chi connectivity index (χ3v) is 3.57. The van der Waals surface area contributed by atoms with Crippen molar-refractivity contribution in [3.63, 3.8) is 0 Å². The van der Waals surface area contributed by atoms with E-state index in [0.29, 0.717) is 6.42 Å². The van der Waals surface area contributed by atoms with Gasteiger partial charge in [-0.1, -0.05) is 24.3 Å². The molecule has 0 aliphatic rings. The molecular weight excluding hydrogens is 248 g/mol. The second-order valence-electron chi connectivity index (χ2n) is 3.96. The van der Waals surface area contributed by atoms with E-state index in [1.165, 1.54) is 5.56 Å². The van der Waals surface area contributed by atoms with Gasteiger partial charge in [0.15, 0.2) is 0 Å². The summed E-state index contributed by atoms with van der Waals surface area (Å²) >= 11 is 1.89. The topological polar surface area (TPSA) is 64.3 Å². The minimum absolute atomic E-state index is 0.170. The molecule has 0 spiro atoms. The lowest BCUT2D eigenvalue weighted by Gasteiger charge is -2.04. The number of methoxy groups -OCH3 is 1. The molecule has 3 N–H and O–H groups in total. The Balaban J connectivity index is 2.29. The van der Waals surface area contributed by atoms with Crippen LogP contribution in [0.1, 0.15) is 17.5 Å². The van der Waals surface area contributed by atoms with E-state index in [1.807, 2.05) is 23.9 Å². The second-order valence-corrected chi connectivity index (χ2v) is 5.06. The highest BCUT2D eigenvalue weighted by molar-refractivity contribution is 7.98. The van der Waals surface area contributed by atoms with E-state index >= 15 is 0 Å². The highest BCUT2D eigenvalue weighted by atomic mass is 32.2. The second kappa shape index (κ2) is 8.97. The molecule has 0 unspecified atom stereocenters. The molecule has 1 amide bonds. The first-order valence-electron chi connectivity index (χ1n) is 5.90. The predicted octanol–water partition coefficient (Wildman–Crippen LogP) is 1.49. The Hall–Kier alpha value is -1.04. The van der Waals surface area contributed by atoms with Crippen LogP contribution in [0.3, 0.4) is 0 Å². The molecule has 1 aromatic rings. The Morgan fingerprint density at radius 1 is 1.33 bits per heavy atom. The first-order chi connectivity index (χ1) is 8.76. The van der Waals surface area contributed by atoms with Gasteiger partial charge in [0.05, 0.1) is 6.42 Å². The van der Waals surface area contributed by atoms with Crippen LogP contribution in [-0.2, 0) is 21.7 Å². The minimum Gasteiger partial charge on any atom is -0.385 e. The molecule has 100 valence electrons. The zero-order valence-electron chi connectivity index (χ0n) is 10.6. The van der Waals surface area contributed by atoms with Crippen molar-refractivity contribution in [2.45, 2.75) is 18.6 Å². The van der Waals surface area contributed by atoms with Crippen molar-refractivity contribution in [1.82, 2.24) is 5.43 Å². The SMILES string of the molecule is COCCCSCc1ccc(CC(=O)NN)cc1. The van der Waals surface area contributed by atoms with Crippen LogP contribution in [0.5, 0.6) is 0 Å². The van der Waals surface area contributed by atoms with Crippen LogP contribution in [0.2, 0.25) is 0 Å². The third kappa shape index (κ3) is 6.05. The average molecular weight is 268 g/mol. The number of nitrogens with two attached hydrogens (primary N) is 1. The normalized spacial score (nSPS) is 10.3. The zero-order chi connectivity index (χ0) is 13.2. The van der Waals surface area contributed by atoms with Gasteiger partial charge in [0.2, 0.25) is 5.91 Å². The van der Waals surface area contributed by atoms with E-state index in [4.69, 9.17) is 10.6 Å². The number of amides is 1. The highest BCUT2D eigenvalue weighted by Gasteiger charge is 2.01. The lowest BCUT2D eigenvalue weighted by Crippen LogP contribution is -2.31. The fraction of sp³-hybridized carbons (Fsp3) is 0.462. The number of rotatable bonds is 8. The monoisotopic (exact) mass is 268 g/mol. The summed E-state index contributed by atoms with van der Waals surface area (Å²) < 4.78 is 5.00. The van der Waals surface area contributed by atoms with Gasteiger partial charge in [0, 0.05) is 19.5 Å². The van der Waals surface area contributed by atoms with Gasteiger partial charge in [-0.25, -0.2) is 5.84 Å². The summed E-state index contributed by atoms with van der Waals surface area (Å²) in [7, 11) is 1.72. The maximum atomic E-state index is 11.1. The molecule has 0 atom stereocenters. The van der Waals surface area contributed by atoms with Gasteiger partial charge >= 0.3 is 0 Å². The Labute approximate surface area is 112 Å². The van der Waals surface area contributed by atoms with Crippen LogP contribution >= 0.6 is 11.8 Å². The highest BCUT2D eigenvalue weighted by Crippen LogP contribution is 2.14. The Kier molecular flexibility index (Phi) is 7.48. The van der Waals surface area contributed by atoms with Crippen LogP contribution in [0.4, 0.5) is 0 Å². The van der Waals surface area contributed by atoms with Gasteiger partial charge in [0.25, 0.3) is 0 Å². The van der Waals surface area contributed by atoms with Crippen LogP contribution in [-0.4, -0.2) is 25.4 Å². The van der Waals surface area contributed by atoms with Crippen LogP contribution < -0.4 is 11.3 Å². The summed E-state index contributed by atoms with van der Waals surface area (Å²) in [6, 6.07) is 8.06. The lowest BCUT2D eigenvalue weighted by molar-refractivity contribution is -0.120. The number of nitrogens with one attached hydrogen (secondary N) is 1. The average Bonchev–Trinajstić information content (AvgIpc) is 2.40. The molecule has 0 aliphatic heterocycles. The Bertz CT molecular complexity index is 355. The fourth-order valence-electron chi connectivity index (χ4n) is 1.49. The lowest BCUT2D eigenvalue weighted by atomic mass is 10.1. The quantitative estimate of drug-likeness (QED) is 0.324. The van der Waals surface area contributed by atoms with E-state index in [9.17, 15) is 4.79 Å². The number of hydrazine groups is 1. The summed E-state index contributed by atoms with van der Waals surface area (Å²) in [5, 5.41) is 0. The van der Waals surface area contributed by atoms with Gasteiger partial charge in [-0.05, 0) is 23.3 Å². The molecule has 1 rings (SSSR count). The van der Waals surface area contributed by atoms with Crippen molar-refractivity contribution >= 4 is 17.7 Å². The fourth-order valence-corrected chi connectivity index (χ4v) is 2.38. The predicted molar refractivity (Wildman–Crippen MR) is 75.1 cm³/mol. The van der Waals surface area contributed by atoms with Crippen molar-refractivity contribution in [1.29, 1.82) is 0 Å². The van der Waals surface area contributed by atoms with Crippen molar-refractivity contribution in [2.24, 2.45) is 5.84 Å². The Morgan fingerprint density at radius 3 is 2.61 bits per heavy atom. The molecule has 0 saturated carbocycles. The van der Waals surface area contributed by atoms with E-state index in [0.717, 1.165) is 30.1 Å². The molecule has 0 aliphatic carbocycles. The molecule has 18 heavy (non-hydrogen) atoms. The smallest absolute Gasteiger partial charge is 0.238 e. The summed E-state index contributed by atoms with van der Waals surface area (Å²) in [6.07, 6.45) is 1.41. The van der Waals surface area contributed by atoms with Crippen molar-refractivity contribution in [2.75, 3.05) is 19.5 Å². The van der Waals surface area contributed by atoms with Crippen LogP contribution in [0.15, 0.2) is 24.3 Å². The first-order valence-corrected chi connectivity index (χ1v) is 7.05. The maximum absolute atomic E-state index is 11.1. The zero-order valence-corrected chi connectivity index (χ0v) is 11.5. The van der Waals surface area contributed by atoms with E-state index < -0.39 is 0 Å². The first kappa shape index (κ1) is 15.0. The summed E-state index contributed by atoms with van der Waals surface area (Å²) in [6.45, 7) is 0.820. The summed E-state index contributed by atoms with van der Waals surface area (Å²) in [5.74, 6) is 6.97. The largest absolute Gasteiger partial charge is 0.385 e. The Morgan fingerprint density at radius 2 is 2.00 bits per heavy atom. The minimum atomic E-state index is -0.170. The molecule has 5 heteroatoms. The van der Waals surface area contributed by atoms with Crippen LogP contribution in [0.25, 0.3) is 0 Å². The number of ether oxygens (including phenoxy) is 1. The van der Waals surface area contributed by atoms with E-state index in [-0.39, 0.29) is 5.91 Å². The van der Waals surface area contributed by atoms with Gasteiger partial charge in [-0.3, -0.25) is 10.2 Å². The number of carbonyl (C=O) groups excluding carboxylic acids is 1. The van der Waals surface area contributed by atoms with E-state index in [2.05, 4.69) is 17.6 Å².